The van der Waals surface area contributed by atoms with Gasteiger partial charge in [0.2, 0.25) is 0 Å². The molecule has 14 heteroatoms. The monoisotopic (exact) mass is 448 g/mol. The molecular formula is C15H11F11O3. The third-order valence-corrected chi connectivity index (χ3v) is 3.69. The summed E-state index contributed by atoms with van der Waals surface area (Å²) in [5.41, 5.74) is 0.123. The van der Waals surface area contributed by atoms with Crippen LogP contribution < -0.4 is 4.74 Å². The first-order chi connectivity index (χ1) is 12.7. The SMILES string of the molecule is Cc1ccc(C)c(OC(=O)C(F)(OC(F)(F)C(F)(F)C(F)(F)F)C(F)(F)F)c1C. The zero-order chi connectivity index (χ0) is 23.2. The summed E-state index contributed by atoms with van der Waals surface area (Å²) < 4.78 is 147. The smallest absolute Gasteiger partial charge is 0.421 e. The molecule has 0 aromatic heterocycles. The van der Waals surface area contributed by atoms with Crippen LogP contribution >= 0.6 is 0 Å². The summed E-state index contributed by atoms with van der Waals surface area (Å²) in [6, 6.07) is 2.56. The Morgan fingerprint density at radius 1 is 0.759 bits per heavy atom. The molecule has 0 saturated heterocycles. The summed E-state index contributed by atoms with van der Waals surface area (Å²) >= 11 is 0. The fourth-order valence-electron chi connectivity index (χ4n) is 1.86. The molecule has 1 aromatic carbocycles. The summed E-state index contributed by atoms with van der Waals surface area (Å²) in [5.74, 6) is -17.7. The van der Waals surface area contributed by atoms with Crippen LogP contribution in [0.2, 0.25) is 0 Å². The molecule has 1 atom stereocenters. The first-order valence-electron chi connectivity index (χ1n) is 7.26. The predicted molar refractivity (Wildman–Crippen MR) is 73.2 cm³/mol. The van der Waals surface area contributed by atoms with Gasteiger partial charge in [0.15, 0.2) is 0 Å². The summed E-state index contributed by atoms with van der Waals surface area (Å²) in [7, 11) is 0. The third-order valence-electron chi connectivity index (χ3n) is 3.69. The Hall–Kier alpha value is -2.12. The van der Waals surface area contributed by atoms with E-state index in [1.165, 1.54) is 26.0 Å². The van der Waals surface area contributed by atoms with Gasteiger partial charge in [0.25, 0.3) is 0 Å². The Kier molecular flexibility index (Phi) is 6.26. The lowest BCUT2D eigenvalue weighted by Gasteiger charge is -2.33. The van der Waals surface area contributed by atoms with Crippen molar-refractivity contribution in [2.75, 3.05) is 0 Å². The highest BCUT2D eigenvalue weighted by Gasteiger charge is 2.80. The highest BCUT2D eigenvalue weighted by atomic mass is 19.4. The van der Waals surface area contributed by atoms with Gasteiger partial charge in [0, 0.05) is 0 Å². The fourth-order valence-corrected chi connectivity index (χ4v) is 1.86. The van der Waals surface area contributed by atoms with E-state index in [1.807, 2.05) is 0 Å². The largest absolute Gasteiger partial charge is 0.462 e. The molecule has 0 aliphatic heterocycles. The molecule has 1 rings (SSSR count). The molecule has 0 heterocycles. The van der Waals surface area contributed by atoms with Gasteiger partial charge in [-0.3, -0.25) is 4.74 Å². The highest BCUT2D eigenvalue weighted by molar-refractivity contribution is 5.81. The molecule has 0 fully saturated rings. The third kappa shape index (κ3) is 4.41. The fraction of sp³-hybridized carbons (Fsp3) is 0.533. The van der Waals surface area contributed by atoms with Crippen LogP contribution in [0.25, 0.3) is 0 Å². The molecular weight excluding hydrogens is 437 g/mol. The van der Waals surface area contributed by atoms with E-state index in [0.29, 0.717) is 0 Å². The quantitative estimate of drug-likeness (QED) is 0.337. The van der Waals surface area contributed by atoms with Gasteiger partial charge in [-0.05, 0) is 37.5 Å². The van der Waals surface area contributed by atoms with Crippen LogP contribution in [-0.4, -0.2) is 36.2 Å². The number of esters is 1. The maximum Gasteiger partial charge on any atom is 0.462 e. The number of benzene rings is 1. The topological polar surface area (TPSA) is 35.5 Å². The van der Waals surface area contributed by atoms with Crippen molar-refractivity contribution in [2.45, 2.75) is 51.0 Å². The summed E-state index contributed by atoms with van der Waals surface area (Å²) in [4.78, 5) is 11.6. The Bertz CT molecular complexity index is 783. The van der Waals surface area contributed by atoms with Gasteiger partial charge in [-0.2, -0.15) is 48.3 Å². The zero-order valence-corrected chi connectivity index (χ0v) is 14.5. The molecule has 1 unspecified atom stereocenters. The number of hydrogen-bond acceptors (Lipinski definition) is 3. The van der Waals surface area contributed by atoms with E-state index >= 15 is 0 Å². The lowest BCUT2D eigenvalue weighted by atomic mass is 10.1. The Morgan fingerprint density at radius 2 is 1.21 bits per heavy atom. The van der Waals surface area contributed by atoms with Crippen LogP contribution in [0.4, 0.5) is 48.3 Å². The Labute approximate surface area is 155 Å². The van der Waals surface area contributed by atoms with Gasteiger partial charge in [-0.1, -0.05) is 12.1 Å². The predicted octanol–water partition coefficient (Wildman–Crippen LogP) is 5.55. The van der Waals surface area contributed by atoms with Gasteiger partial charge in [0.1, 0.15) is 5.75 Å². The van der Waals surface area contributed by atoms with Gasteiger partial charge >= 0.3 is 36.2 Å². The van der Waals surface area contributed by atoms with Crippen LogP contribution in [-0.2, 0) is 9.53 Å². The maximum absolute atomic E-state index is 14.2. The van der Waals surface area contributed by atoms with Crippen LogP contribution in [0.15, 0.2) is 12.1 Å². The average Bonchev–Trinajstić information content (AvgIpc) is 2.52. The van der Waals surface area contributed by atoms with Crippen LogP contribution in [0.1, 0.15) is 16.7 Å². The second-order valence-corrected chi connectivity index (χ2v) is 5.83. The van der Waals surface area contributed by atoms with E-state index in [1.54, 1.807) is 0 Å². The average molecular weight is 448 g/mol. The van der Waals surface area contributed by atoms with Gasteiger partial charge < -0.3 is 4.74 Å². The zero-order valence-electron chi connectivity index (χ0n) is 14.5. The van der Waals surface area contributed by atoms with E-state index in [4.69, 9.17) is 0 Å². The number of carbonyl (C=O) groups excluding carboxylic acids is 1. The van der Waals surface area contributed by atoms with E-state index in [9.17, 15) is 53.1 Å². The molecule has 3 nitrogen and oxygen atoms in total. The van der Waals surface area contributed by atoms with Crippen molar-refractivity contribution in [3.05, 3.63) is 28.8 Å². The molecule has 0 aliphatic rings. The molecule has 0 radical (unpaired) electrons. The molecule has 0 amide bonds. The number of aryl methyl sites for hydroxylation is 2. The number of hydrogen-bond donors (Lipinski definition) is 0. The van der Waals surface area contributed by atoms with Crippen LogP contribution in [0, 0.1) is 20.8 Å². The van der Waals surface area contributed by atoms with Crippen molar-refractivity contribution in [1.29, 1.82) is 0 Å². The number of carbonyl (C=O) groups is 1. The van der Waals surface area contributed by atoms with E-state index in [2.05, 4.69) is 9.47 Å². The first kappa shape index (κ1) is 24.9. The molecule has 0 bridgehead atoms. The minimum atomic E-state index is -7.27. The molecule has 0 spiro atoms. The van der Waals surface area contributed by atoms with Gasteiger partial charge in [0.05, 0.1) is 0 Å². The van der Waals surface area contributed by atoms with Crippen LogP contribution in [0.5, 0.6) is 5.75 Å². The van der Waals surface area contributed by atoms with Crippen molar-refractivity contribution in [3.8, 4) is 5.75 Å². The van der Waals surface area contributed by atoms with Crippen molar-refractivity contribution in [3.63, 3.8) is 0 Å². The normalized spacial score (nSPS) is 15.8. The number of rotatable bonds is 5. The lowest BCUT2D eigenvalue weighted by Crippen LogP contribution is -2.62. The lowest BCUT2D eigenvalue weighted by molar-refractivity contribution is -0.474. The van der Waals surface area contributed by atoms with E-state index in [0.717, 1.165) is 6.92 Å². The van der Waals surface area contributed by atoms with Crippen molar-refractivity contribution in [1.82, 2.24) is 0 Å². The first-order valence-corrected chi connectivity index (χ1v) is 7.26. The van der Waals surface area contributed by atoms with E-state index < -0.39 is 42.0 Å². The standard InChI is InChI=1S/C15H11F11O3/c1-6-4-5-7(2)9(8(6)3)28-10(27)11(16,13(19,20)21)29-15(25,26)12(17,18)14(22,23)24/h4-5H,1-3H3. The van der Waals surface area contributed by atoms with Gasteiger partial charge in [-0.25, -0.2) is 4.79 Å². The molecule has 0 saturated carbocycles. The molecule has 1 aromatic rings. The summed E-state index contributed by atoms with van der Waals surface area (Å²) in [5, 5.41) is 0. The highest BCUT2D eigenvalue weighted by Crippen LogP contribution is 2.51. The minimum absolute atomic E-state index is 0.0599. The molecule has 29 heavy (non-hydrogen) atoms. The minimum Gasteiger partial charge on any atom is -0.421 e. The molecule has 166 valence electrons. The number of alkyl halides is 11. The van der Waals surface area contributed by atoms with Gasteiger partial charge in [-0.15, -0.1) is 0 Å². The second-order valence-electron chi connectivity index (χ2n) is 5.83. The van der Waals surface area contributed by atoms with Crippen molar-refractivity contribution < 1.29 is 62.6 Å². The van der Waals surface area contributed by atoms with Crippen molar-refractivity contribution >= 4 is 5.97 Å². The number of halogens is 11. The van der Waals surface area contributed by atoms with Crippen LogP contribution in [0.3, 0.4) is 0 Å². The Morgan fingerprint density at radius 3 is 1.62 bits per heavy atom. The molecule has 0 N–H and O–H groups in total. The summed E-state index contributed by atoms with van der Waals surface area (Å²) in [6.07, 6.45) is -21.1. The second kappa shape index (κ2) is 7.29. The van der Waals surface area contributed by atoms with Crippen molar-refractivity contribution in [2.24, 2.45) is 0 Å². The summed E-state index contributed by atoms with van der Waals surface area (Å²) in [6.45, 7) is 3.69. The molecule has 0 aliphatic carbocycles. The number of ether oxygens (including phenoxy) is 2. The maximum atomic E-state index is 14.2. The van der Waals surface area contributed by atoms with E-state index in [-0.39, 0.29) is 16.7 Å². The Balaban J connectivity index is 3.44.